The molecule has 0 unspecified atom stereocenters. The Hall–Kier alpha value is -1.07. The van der Waals surface area contributed by atoms with Crippen LogP contribution in [0.2, 0.25) is 0 Å². The maximum Gasteiger partial charge on any atom is 0.284 e. The number of amidine groups is 1. The summed E-state index contributed by atoms with van der Waals surface area (Å²) in [4.78, 5) is 1.61. The summed E-state index contributed by atoms with van der Waals surface area (Å²) in [6.45, 7) is 3.87. The van der Waals surface area contributed by atoms with Gasteiger partial charge in [-0.3, -0.25) is 5.41 Å². The van der Waals surface area contributed by atoms with Gasteiger partial charge < -0.3 is 19.1 Å². The maximum absolute atomic E-state index is 7.64. The first kappa shape index (κ1) is 13.0. The Balaban J connectivity index is 2.70. The van der Waals surface area contributed by atoms with Gasteiger partial charge in [0, 0.05) is 21.2 Å². The van der Waals surface area contributed by atoms with Gasteiger partial charge in [0.25, 0.3) is 6.02 Å². The van der Waals surface area contributed by atoms with Gasteiger partial charge in [0.15, 0.2) is 6.29 Å². The third-order valence-electron chi connectivity index (χ3n) is 2.50. The number of ether oxygens (including phenoxy) is 3. The number of hydrogen-bond acceptors (Lipinski definition) is 4. The van der Waals surface area contributed by atoms with E-state index in [9.17, 15) is 0 Å². The highest BCUT2D eigenvalue weighted by molar-refractivity contribution is 5.70. The summed E-state index contributed by atoms with van der Waals surface area (Å²) in [6, 6.07) is 0.129. The van der Waals surface area contributed by atoms with Gasteiger partial charge in [0.2, 0.25) is 0 Å². The van der Waals surface area contributed by atoms with Gasteiger partial charge in [-0.15, -0.1) is 0 Å². The Bertz CT molecular complexity index is 289. The van der Waals surface area contributed by atoms with Crippen LogP contribution in [0.5, 0.6) is 0 Å². The van der Waals surface area contributed by atoms with Crippen LogP contribution in [0.1, 0.15) is 13.8 Å². The summed E-state index contributed by atoms with van der Waals surface area (Å²) in [7, 11) is 5.14. The molecule has 1 aliphatic heterocycles. The van der Waals surface area contributed by atoms with E-state index in [1.54, 1.807) is 26.1 Å². The van der Waals surface area contributed by atoms with Gasteiger partial charge in [0.1, 0.15) is 6.10 Å². The van der Waals surface area contributed by atoms with E-state index in [0.29, 0.717) is 0 Å². The number of nitrogens with zero attached hydrogens (tertiary/aromatic N) is 1. The number of hydrogen-bond donors (Lipinski definition) is 1. The van der Waals surface area contributed by atoms with E-state index in [4.69, 9.17) is 19.6 Å². The summed E-state index contributed by atoms with van der Waals surface area (Å²) in [6.07, 6.45) is 1.20. The van der Waals surface area contributed by atoms with E-state index in [2.05, 4.69) is 0 Å². The first-order valence-electron chi connectivity index (χ1n) is 5.24. The predicted molar refractivity (Wildman–Crippen MR) is 61.4 cm³/mol. The minimum absolute atomic E-state index is 0.129. The van der Waals surface area contributed by atoms with Crippen molar-refractivity contribution in [1.29, 1.82) is 5.41 Å². The molecule has 0 aromatic rings. The lowest BCUT2D eigenvalue weighted by Crippen LogP contribution is -2.41. The van der Waals surface area contributed by atoms with E-state index >= 15 is 0 Å². The van der Waals surface area contributed by atoms with Crippen LogP contribution in [0, 0.1) is 5.41 Å². The smallest absolute Gasteiger partial charge is 0.284 e. The molecule has 0 aromatic carbocycles. The summed E-state index contributed by atoms with van der Waals surface area (Å²) < 4.78 is 16.2. The average Bonchev–Trinajstić information content (AvgIpc) is 2.22. The normalized spacial score (nSPS) is 29.6. The Morgan fingerprint density at radius 1 is 1.50 bits per heavy atom. The number of methoxy groups -OCH3 is 1. The van der Waals surface area contributed by atoms with E-state index in [0.717, 1.165) is 5.57 Å². The summed E-state index contributed by atoms with van der Waals surface area (Å²) in [5.41, 5.74) is 1.03. The van der Waals surface area contributed by atoms with Gasteiger partial charge in [0.05, 0.1) is 6.10 Å². The van der Waals surface area contributed by atoms with Crippen molar-refractivity contribution in [2.45, 2.75) is 32.3 Å². The van der Waals surface area contributed by atoms with E-state index in [-0.39, 0.29) is 24.5 Å². The van der Waals surface area contributed by atoms with E-state index in [1.165, 1.54) is 0 Å². The third kappa shape index (κ3) is 2.96. The summed E-state index contributed by atoms with van der Waals surface area (Å²) in [5, 5.41) is 7.64. The molecule has 0 saturated carbocycles. The molecule has 1 heterocycles. The Morgan fingerprint density at radius 2 is 2.12 bits per heavy atom. The molecule has 0 bridgehead atoms. The van der Waals surface area contributed by atoms with Crippen molar-refractivity contribution < 1.29 is 14.2 Å². The number of rotatable bonds is 2. The minimum Gasteiger partial charge on any atom is -0.455 e. The Morgan fingerprint density at radius 3 is 2.56 bits per heavy atom. The lowest BCUT2D eigenvalue weighted by atomic mass is 10.0. The van der Waals surface area contributed by atoms with Crippen LogP contribution in [-0.4, -0.2) is 50.6 Å². The zero-order chi connectivity index (χ0) is 12.3. The predicted octanol–water partition coefficient (Wildman–Crippen LogP) is 1.21. The van der Waals surface area contributed by atoms with Crippen molar-refractivity contribution in [2.75, 3.05) is 21.2 Å². The van der Waals surface area contributed by atoms with E-state index < -0.39 is 0 Å². The molecule has 0 fully saturated rings. The summed E-state index contributed by atoms with van der Waals surface area (Å²) >= 11 is 0. The fourth-order valence-corrected chi connectivity index (χ4v) is 1.54. The maximum atomic E-state index is 7.64. The van der Waals surface area contributed by atoms with Crippen molar-refractivity contribution in [1.82, 2.24) is 4.90 Å². The van der Waals surface area contributed by atoms with Crippen molar-refractivity contribution in [3.05, 3.63) is 11.6 Å². The molecule has 1 N–H and O–H groups in total. The van der Waals surface area contributed by atoms with Crippen LogP contribution in [0.15, 0.2) is 11.6 Å². The first-order chi connectivity index (χ1) is 7.45. The Labute approximate surface area is 96.5 Å². The van der Waals surface area contributed by atoms with Crippen LogP contribution in [0.4, 0.5) is 0 Å². The molecule has 1 aliphatic rings. The topological polar surface area (TPSA) is 54.8 Å². The van der Waals surface area contributed by atoms with Gasteiger partial charge in [-0.25, -0.2) is 0 Å². The Kier molecular flexibility index (Phi) is 4.32. The van der Waals surface area contributed by atoms with Gasteiger partial charge >= 0.3 is 0 Å². The SMILES string of the molecule is CO[C@H]1C=C(C)[C@H](OC(=N)N(C)C)[C@H](C)O1. The molecule has 1 rings (SSSR count). The summed E-state index contributed by atoms with van der Waals surface area (Å²) in [5.74, 6) is 0. The first-order valence-corrected chi connectivity index (χ1v) is 5.24. The number of nitrogens with one attached hydrogen (secondary N) is 1. The van der Waals surface area contributed by atoms with Crippen molar-refractivity contribution >= 4 is 6.02 Å². The van der Waals surface area contributed by atoms with E-state index in [1.807, 2.05) is 19.9 Å². The van der Waals surface area contributed by atoms with Gasteiger partial charge in [-0.1, -0.05) is 0 Å². The quantitative estimate of drug-likeness (QED) is 0.438. The lowest BCUT2D eigenvalue weighted by Gasteiger charge is -2.33. The molecule has 16 heavy (non-hydrogen) atoms. The monoisotopic (exact) mass is 228 g/mol. The van der Waals surface area contributed by atoms with Gasteiger partial charge in [-0.2, -0.15) is 0 Å². The fraction of sp³-hybridized carbons (Fsp3) is 0.727. The second-order valence-electron chi connectivity index (χ2n) is 4.09. The minimum atomic E-state index is -0.316. The largest absolute Gasteiger partial charge is 0.455 e. The highest BCUT2D eigenvalue weighted by atomic mass is 16.7. The van der Waals surface area contributed by atoms with Crippen LogP contribution >= 0.6 is 0 Å². The second-order valence-corrected chi connectivity index (χ2v) is 4.09. The van der Waals surface area contributed by atoms with Crippen LogP contribution in [0.25, 0.3) is 0 Å². The fourth-order valence-electron chi connectivity index (χ4n) is 1.54. The molecule has 0 aliphatic carbocycles. The molecule has 0 spiro atoms. The van der Waals surface area contributed by atoms with Crippen LogP contribution in [0.3, 0.4) is 0 Å². The molecular weight excluding hydrogens is 208 g/mol. The highest BCUT2D eigenvalue weighted by Crippen LogP contribution is 2.22. The molecule has 0 saturated heterocycles. The van der Waals surface area contributed by atoms with Crippen LogP contribution < -0.4 is 0 Å². The third-order valence-corrected chi connectivity index (χ3v) is 2.50. The zero-order valence-corrected chi connectivity index (χ0v) is 10.5. The molecule has 3 atom stereocenters. The molecule has 5 nitrogen and oxygen atoms in total. The molecule has 0 amide bonds. The lowest BCUT2D eigenvalue weighted by molar-refractivity contribution is -0.153. The molecule has 5 heteroatoms. The molecule has 0 aromatic heterocycles. The second kappa shape index (κ2) is 5.32. The molecule has 0 radical (unpaired) electrons. The average molecular weight is 228 g/mol. The standard InChI is InChI=1S/C11H20N2O3/c1-7-6-9(14-5)15-8(2)10(7)16-11(12)13(3)4/h6,8-10,12H,1-5H3/t8-,9+,10-/m0/s1. The van der Waals surface area contributed by atoms with Crippen molar-refractivity contribution in [2.24, 2.45) is 0 Å². The van der Waals surface area contributed by atoms with Gasteiger partial charge in [-0.05, 0) is 25.5 Å². The van der Waals surface area contributed by atoms with Crippen molar-refractivity contribution in [3.63, 3.8) is 0 Å². The zero-order valence-electron chi connectivity index (χ0n) is 10.5. The highest BCUT2D eigenvalue weighted by Gasteiger charge is 2.30. The van der Waals surface area contributed by atoms with Crippen molar-refractivity contribution in [3.8, 4) is 0 Å². The molecular formula is C11H20N2O3. The molecule has 92 valence electrons. The van der Waals surface area contributed by atoms with Crippen LogP contribution in [-0.2, 0) is 14.2 Å².